The second kappa shape index (κ2) is 8.21. The lowest BCUT2D eigenvalue weighted by Crippen LogP contribution is -2.35. The van der Waals surface area contributed by atoms with Crippen molar-refractivity contribution in [2.75, 3.05) is 24.6 Å². The van der Waals surface area contributed by atoms with Gasteiger partial charge < -0.3 is 14.2 Å². The number of amidine groups is 1. The molecule has 150 valence electrons. The van der Waals surface area contributed by atoms with Crippen LogP contribution in [0.2, 0.25) is 0 Å². The summed E-state index contributed by atoms with van der Waals surface area (Å²) < 4.78 is 16.3. The van der Waals surface area contributed by atoms with Crippen LogP contribution in [0.3, 0.4) is 0 Å². The van der Waals surface area contributed by atoms with Gasteiger partial charge in [-0.25, -0.2) is 9.79 Å². The third-order valence-corrected chi connectivity index (χ3v) is 5.49. The predicted molar refractivity (Wildman–Crippen MR) is 115 cm³/mol. The van der Waals surface area contributed by atoms with Crippen molar-refractivity contribution in [3.63, 3.8) is 0 Å². The highest BCUT2D eigenvalue weighted by molar-refractivity contribution is 8.13. The summed E-state index contributed by atoms with van der Waals surface area (Å²) in [5.41, 5.74) is 3.13. The number of thioether (sulfide) groups is 1. The Morgan fingerprint density at radius 2 is 1.97 bits per heavy atom. The lowest BCUT2D eigenvalue weighted by molar-refractivity contribution is -0.138. The number of hydrogen-bond acceptors (Lipinski definition) is 7. The lowest BCUT2D eigenvalue weighted by Gasteiger charge is -2.34. The molecule has 2 heterocycles. The van der Waals surface area contributed by atoms with Crippen molar-refractivity contribution in [3.8, 4) is 11.5 Å². The van der Waals surface area contributed by atoms with Gasteiger partial charge >= 0.3 is 5.97 Å². The maximum absolute atomic E-state index is 13.0. The molecule has 7 heteroatoms. The number of carbonyl (C=O) groups is 1. The average Bonchev–Trinajstić information content (AvgIpc) is 3.21. The van der Waals surface area contributed by atoms with Crippen molar-refractivity contribution in [1.82, 2.24) is 0 Å². The fourth-order valence-electron chi connectivity index (χ4n) is 3.51. The molecule has 0 saturated heterocycles. The number of fused-ring (bicyclic) bond motifs is 1. The van der Waals surface area contributed by atoms with Crippen LogP contribution in [-0.4, -0.2) is 30.8 Å². The molecule has 0 N–H and O–H groups in total. The van der Waals surface area contributed by atoms with Crippen molar-refractivity contribution < 1.29 is 19.0 Å². The third-order valence-electron chi connectivity index (χ3n) is 4.83. The minimum absolute atomic E-state index is 0.199. The molecule has 2 aliphatic rings. The van der Waals surface area contributed by atoms with Gasteiger partial charge in [0.25, 0.3) is 0 Å². The van der Waals surface area contributed by atoms with E-state index < -0.39 is 6.04 Å². The molecule has 2 aromatic rings. The molecule has 2 aromatic carbocycles. The molecule has 0 fully saturated rings. The Balaban J connectivity index is 1.84. The Kier molecular flexibility index (Phi) is 5.49. The zero-order valence-corrected chi connectivity index (χ0v) is 17.4. The zero-order chi connectivity index (χ0) is 20.4. The van der Waals surface area contributed by atoms with Crippen molar-refractivity contribution in [3.05, 3.63) is 65.4 Å². The summed E-state index contributed by atoms with van der Waals surface area (Å²) in [7, 11) is 0. The van der Waals surface area contributed by atoms with Gasteiger partial charge in [0.05, 0.1) is 12.2 Å². The molecule has 0 radical (unpaired) electrons. The van der Waals surface area contributed by atoms with E-state index in [1.807, 2.05) is 66.6 Å². The number of anilines is 1. The number of rotatable bonds is 4. The van der Waals surface area contributed by atoms with Gasteiger partial charge in [0, 0.05) is 11.4 Å². The van der Waals surface area contributed by atoms with Crippen LogP contribution < -0.4 is 14.4 Å². The fourth-order valence-corrected chi connectivity index (χ4v) is 4.15. The quantitative estimate of drug-likeness (QED) is 0.690. The number of carbonyl (C=O) groups excluding carboxylic acids is 1. The normalized spacial score (nSPS) is 18.0. The van der Waals surface area contributed by atoms with Crippen molar-refractivity contribution in [2.45, 2.75) is 19.9 Å². The standard InChI is InChI=1S/C22H22N2O4S/c1-4-26-21(25)19-14(2)24(16-8-6-5-7-9-16)22(29-3)23-20(19)15-10-11-17-18(12-15)28-13-27-17/h5-12,20H,4,13H2,1-3H3/t20-/m1/s1. The van der Waals surface area contributed by atoms with E-state index in [4.69, 9.17) is 19.2 Å². The van der Waals surface area contributed by atoms with Crippen LogP contribution in [0.25, 0.3) is 0 Å². The van der Waals surface area contributed by atoms with E-state index in [2.05, 4.69) is 0 Å². The zero-order valence-electron chi connectivity index (χ0n) is 16.5. The maximum atomic E-state index is 13.0. The van der Waals surface area contributed by atoms with E-state index in [0.29, 0.717) is 23.7 Å². The first-order valence-corrected chi connectivity index (χ1v) is 10.6. The van der Waals surface area contributed by atoms with Gasteiger partial charge in [0.1, 0.15) is 6.04 Å². The number of nitrogens with zero attached hydrogens (tertiary/aromatic N) is 2. The van der Waals surface area contributed by atoms with Gasteiger partial charge in [-0.15, -0.1) is 0 Å². The summed E-state index contributed by atoms with van der Waals surface area (Å²) in [5, 5.41) is 0.810. The molecule has 1 atom stereocenters. The van der Waals surface area contributed by atoms with E-state index in [0.717, 1.165) is 22.1 Å². The molecular weight excluding hydrogens is 388 g/mol. The van der Waals surface area contributed by atoms with Gasteiger partial charge in [-0.3, -0.25) is 4.90 Å². The first-order chi connectivity index (χ1) is 14.1. The van der Waals surface area contributed by atoms with Crippen molar-refractivity contribution in [2.24, 2.45) is 4.99 Å². The first-order valence-electron chi connectivity index (χ1n) is 9.38. The molecule has 0 unspecified atom stereocenters. The van der Waals surface area contributed by atoms with Gasteiger partial charge in [-0.05, 0) is 49.9 Å². The molecule has 0 saturated carbocycles. The molecule has 6 nitrogen and oxygen atoms in total. The van der Waals surface area contributed by atoms with Gasteiger partial charge in [0.15, 0.2) is 16.7 Å². The minimum atomic E-state index is -0.481. The Hall–Kier alpha value is -2.93. The summed E-state index contributed by atoms with van der Waals surface area (Å²) in [4.78, 5) is 19.9. The van der Waals surface area contributed by atoms with Crippen LogP contribution >= 0.6 is 11.8 Å². The van der Waals surface area contributed by atoms with Crippen molar-refractivity contribution in [1.29, 1.82) is 0 Å². The van der Waals surface area contributed by atoms with Gasteiger partial charge in [0.2, 0.25) is 6.79 Å². The Morgan fingerprint density at radius 3 is 2.69 bits per heavy atom. The van der Waals surface area contributed by atoms with E-state index in [1.165, 1.54) is 11.8 Å². The van der Waals surface area contributed by atoms with Crippen LogP contribution in [-0.2, 0) is 9.53 Å². The average molecular weight is 410 g/mol. The molecule has 29 heavy (non-hydrogen) atoms. The molecule has 0 aliphatic carbocycles. The third kappa shape index (κ3) is 3.58. The highest BCUT2D eigenvalue weighted by Gasteiger charge is 2.35. The van der Waals surface area contributed by atoms with E-state index in [-0.39, 0.29) is 12.8 Å². The smallest absolute Gasteiger partial charge is 0.338 e. The number of para-hydroxylation sites is 1. The van der Waals surface area contributed by atoms with E-state index in [1.54, 1.807) is 6.92 Å². The van der Waals surface area contributed by atoms with Crippen LogP contribution in [0.4, 0.5) is 5.69 Å². The summed E-state index contributed by atoms with van der Waals surface area (Å²) >= 11 is 1.54. The number of hydrogen-bond donors (Lipinski definition) is 0. The number of aliphatic imine (C=N–C) groups is 1. The maximum Gasteiger partial charge on any atom is 0.338 e. The van der Waals surface area contributed by atoms with Gasteiger partial charge in [-0.2, -0.15) is 0 Å². The van der Waals surface area contributed by atoms with Crippen LogP contribution in [0.1, 0.15) is 25.5 Å². The molecule has 0 bridgehead atoms. The summed E-state index contributed by atoms with van der Waals surface area (Å²) in [6, 6.07) is 15.1. The minimum Gasteiger partial charge on any atom is -0.463 e. The molecule has 0 spiro atoms. The Morgan fingerprint density at radius 1 is 1.21 bits per heavy atom. The second-order valence-electron chi connectivity index (χ2n) is 6.52. The fraction of sp³-hybridized carbons (Fsp3) is 0.273. The van der Waals surface area contributed by atoms with Crippen LogP contribution in [0.15, 0.2) is 64.8 Å². The topological polar surface area (TPSA) is 60.4 Å². The summed E-state index contributed by atoms with van der Waals surface area (Å²) in [6.07, 6.45) is 1.98. The highest BCUT2D eigenvalue weighted by atomic mass is 32.2. The first kappa shape index (κ1) is 19.4. The van der Waals surface area contributed by atoms with E-state index in [9.17, 15) is 4.79 Å². The Bertz CT molecular complexity index is 988. The molecule has 2 aliphatic heterocycles. The van der Waals surface area contributed by atoms with Crippen LogP contribution in [0.5, 0.6) is 11.5 Å². The van der Waals surface area contributed by atoms with Crippen LogP contribution in [0, 0.1) is 0 Å². The Labute approximate surface area is 174 Å². The molecule has 0 aromatic heterocycles. The SMILES string of the molecule is CCOC(=O)C1=C(C)N(c2ccccc2)C(SC)=N[C@@H]1c1ccc2c(c1)OCO2. The summed E-state index contributed by atoms with van der Waals surface area (Å²) in [6.45, 7) is 4.24. The lowest BCUT2D eigenvalue weighted by atomic mass is 9.95. The highest BCUT2D eigenvalue weighted by Crippen LogP contribution is 2.42. The second-order valence-corrected chi connectivity index (χ2v) is 7.29. The van der Waals surface area contributed by atoms with Gasteiger partial charge in [-0.1, -0.05) is 36.0 Å². The number of ether oxygens (including phenoxy) is 3. The van der Waals surface area contributed by atoms with E-state index >= 15 is 0 Å². The molecular formula is C22H22N2O4S. The number of allylic oxidation sites excluding steroid dienone is 1. The molecule has 4 rings (SSSR count). The summed E-state index contributed by atoms with van der Waals surface area (Å²) in [5.74, 6) is 0.996. The number of benzene rings is 2. The number of esters is 1. The molecule has 0 amide bonds. The van der Waals surface area contributed by atoms with Crippen molar-refractivity contribution >= 4 is 28.6 Å². The predicted octanol–water partition coefficient (Wildman–Crippen LogP) is 4.53. The monoisotopic (exact) mass is 410 g/mol. The largest absolute Gasteiger partial charge is 0.463 e.